The summed E-state index contributed by atoms with van der Waals surface area (Å²) in [5, 5.41) is 0. The third-order valence-corrected chi connectivity index (χ3v) is 9.67. The van der Waals surface area contributed by atoms with Crippen LogP contribution in [0.25, 0.3) is 0 Å². The number of esters is 3. The van der Waals surface area contributed by atoms with Crippen LogP contribution in [0, 0.1) is 21.7 Å². The van der Waals surface area contributed by atoms with Gasteiger partial charge in [0.1, 0.15) is 36.1 Å². The molecule has 0 N–H and O–H groups in total. The highest BCUT2D eigenvalue weighted by Gasteiger charge is 2.46. The lowest BCUT2D eigenvalue weighted by molar-refractivity contribution is -0.241. The molecule has 0 atom stereocenters. The molecule has 12 heteroatoms. The second-order valence-electron chi connectivity index (χ2n) is 15.3. The van der Waals surface area contributed by atoms with E-state index in [-0.39, 0.29) is 59.5 Å². The zero-order valence-corrected chi connectivity index (χ0v) is 30.7. The second kappa shape index (κ2) is 16.5. The van der Waals surface area contributed by atoms with Gasteiger partial charge in [-0.05, 0) is 27.7 Å². The molecule has 0 aromatic heterocycles. The van der Waals surface area contributed by atoms with E-state index in [0.717, 1.165) is 16.7 Å². The number of hydrogen-bond acceptors (Lipinski definition) is 12. The van der Waals surface area contributed by atoms with Gasteiger partial charge in [0.15, 0.2) is 18.9 Å². The Morgan fingerprint density at radius 3 is 0.943 bits per heavy atom. The van der Waals surface area contributed by atoms with Crippen LogP contribution in [0.5, 0.6) is 0 Å². The quantitative estimate of drug-likeness (QED) is 0.163. The Morgan fingerprint density at radius 1 is 0.491 bits per heavy atom. The monoisotopic (exact) mass is 732 g/mol. The summed E-state index contributed by atoms with van der Waals surface area (Å²) in [5.41, 5.74) is -1.91. The molecule has 0 unspecified atom stereocenters. The Morgan fingerprint density at radius 2 is 0.717 bits per heavy atom. The molecule has 3 heterocycles. The molecule has 3 aliphatic heterocycles. The fraction of sp³-hybridized carbons (Fsp3) is 0.488. The van der Waals surface area contributed by atoms with Crippen molar-refractivity contribution in [2.24, 2.45) is 21.7 Å². The highest BCUT2D eigenvalue weighted by molar-refractivity contribution is 5.78. The van der Waals surface area contributed by atoms with Gasteiger partial charge in [0, 0.05) is 16.7 Å². The van der Waals surface area contributed by atoms with Crippen molar-refractivity contribution >= 4 is 17.9 Å². The van der Waals surface area contributed by atoms with Crippen molar-refractivity contribution in [2.75, 3.05) is 59.5 Å². The van der Waals surface area contributed by atoms with Gasteiger partial charge in [0.2, 0.25) is 0 Å². The number of benzene rings is 3. The van der Waals surface area contributed by atoms with Gasteiger partial charge in [-0.25, -0.2) is 0 Å². The Kier molecular flexibility index (Phi) is 12.0. The number of carbonyl (C=O) groups excluding carboxylic acids is 3. The van der Waals surface area contributed by atoms with E-state index in [1.807, 2.05) is 91.0 Å². The van der Waals surface area contributed by atoms with Crippen molar-refractivity contribution in [2.45, 2.75) is 46.6 Å². The summed E-state index contributed by atoms with van der Waals surface area (Å²) < 4.78 is 53.0. The SMILES string of the molecule is CC(COC(=O)C1(C)COC(c2ccccc2)OC1)(COC(=O)C1(C)COC(c2ccccc2)OC1)COC(=O)C1(C)COC(c2ccccc2)OC1. The molecule has 0 radical (unpaired) electrons. The maximum atomic E-state index is 13.5. The van der Waals surface area contributed by atoms with Crippen molar-refractivity contribution in [1.82, 2.24) is 0 Å². The fourth-order valence-electron chi connectivity index (χ4n) is 5.96. The molecule has 3 aromatic carbocycles. The third-order valence-electron chi connectivity index (χ3n) is 9.67. The molecule has 3 saturated heterocycles. The zero-order valence-electron chi connectivity index (χ0n) is 30.7. The molecule has 3 aromatic rings. The Labute approximate surface area is 309 Å². The van der Waals surface area contributed by atoms with E-state index in [1.54, 1.807) is 27.7 Å². The molecule has 0 saturated carbocycles. The van der Waals surface area contributed by atoms with Crippen LogP contribution in [-0.2, 0) is 57.0 Å². The van der Waals surface area contributed by atoms with Crippen molar-refractivity contribution < 1.29 is 57.0 Å². The summed E-state index contributed by atoms with van der Waals surface area (Å²) in [6, 6.07) is 28.4. The summed E-state index contributed by atoms with van der Waals surface area (Å²) >= 11 is 0. The van der Waals surface area contributed by atoms with Gasteiger partial charge in [0.05, 0.1) is 45.1 Å². The van der Waals surface area contributed by atoms with Gasteiger partial charge in [-0.3, -0.25) is 14.4 Å². The lowest BCUT2D eigenvalue weighted by atomic mass is 9.89. The number of carbonyl (C=O) groups is 3. The minimum atomic E-state index is -1.14. The van der Waals surface area contributed by atoms with Crippen LogP contribution in [0.4, 0.5) is 0 Å². The third kappa shape index (κ3) is 9.32. The van der Waals surface area contributed by atoms with Crippen LogP contribution in [0.3, 0.4) is 0 Å². The van der Waals surface area contributed by atoms with Crippen LogP contribution in [0.15, 0.2) is 91.0 Å². The van der Waals surface area contributed by atoms with E-state index < -0.39 is 58.4 Å². The summed E-state index contributed by atoms with van der Waals surface area (Å²) in [6.07, 6.45) is -1.80. The van der Waals surface area contributed by atoms with Gasteiger partial charge in [0.25, 0.3) is 0 Å². The average molecular weight is 733 g/mol. The summed E-state index contributed by atoms with van der Waals surface area (Å²) in [6.45, 7) is 6.52. The largest absolute Gasteiger partial charge is 0.464 e. The van der Waals surface area contributed by atoms with Crippen LogP contribution in [0.1, 0.15) is 63.3 Å². The second-order valence-corrected chi connectivity index (χ2v) is 15.3. The summed E-state index contributed by atoms with van der Waals surface area (Å²) in [4.78, 5) is 40.5. The van der Waals surface area contributed by atoms with E-state index >= 15 is 0 Å². The van der Waals surface area contributed by atoms with Crippen molar-refractivity contribution in [3.05, 3.63) is 108 Å². The first-order chi connectivity index (χ1) is 25.4. The Bertz CT molecular complexity index is 1460. The molecule has 12 nitrogen and oxygen atoms in total. The van der Waals surface area contributed by atoms with Gasteiger partial charge in [-0.2, -0.15) is 0 Å². The topological polar surface area (TPSA) is 134 Å². The van der Waals surface area contributed by atoms with Gasteiger partial charge in [-0.1, -0.05) is 91.0 Å². The molecule has 6 rings (SSSR count). The van der Waals surface area contributed by atoms with Crippen LogP contribution in [0.2, 0.25) is 0 Å². The first-order valence-corrected chi connectivity index (χ1v) is 17.8. The first kappa shape index (κ1) is 38.6. The van der Waals surface area contributed by atoms with E-state index in [1.165, 1.54) is 0 Å². The summed E-state index contributed by atoms with van der Waals surface area (Å²) in [7, 11) is 0. The Balaban J connectivity index is 1.07. The molecule has 3 fully saturated rings. The molecule has 3 aliphatic rings. The van der Waals surface area contributed by atoms with Gasteiger partial charge < -0.3 is 42.6 Å². The molecule has 0 bridgehead atoms. The minimum absolute atomic E-state index is 0.0662. The van der Waals surface area contributed by atoms with E-state index in [2.05, 4.69) is 0 Å². The van der Waals surface area contributed by atoms with Crippen LogP contribution >= 0.6 is 0 Å². The maximum absolute atomic E-state index is 13.5. The molecular weight excluding hydrogens is 684 g/mol. The average Bonchev–Trinajstić information content (AvgIpc) is 3.20. The normalized spacial score (nSPS) is 30.0. The highest BCUT2D eigenvalue weighted by atomic mass is 16.7. The molecular formula is C41H48O12. The zero-order chi connectivity index (χ0) is 37.5. The minimum Gasteiger partial charge on any atom is -0.464 e. The van der Waals surface area contributed by atoms with E-state index in [4.69, 9.17) is 42.6 Å². The standard InChI is InChI=1S/C41H48O12/c1-38(20-51-35(42)39(2)23-45-32(46-24-39)29-14-8-5-9-15-29,21-52-36(43)40(3)25-47-33(48-26-40)30-16-10-6-11-17-30)22-53-37(44)41(4)27-49-34(50-28-41)31-18-12-7-13-19-31/h5-19,32-34H,20-28H2,1-4H3. The van der Waals surface area contributed by atoms with E-state index in [0.29, 0.717) is 0 Å². The van der Waals surface area contributed by atoms with Crippen molar-refractivity contribution in [3.8, 4) is 0 Å². The van der Waals surface area contributed by atoms with Gasteiger partial charge >= 0.3 is 17.9 Å². The van der Waals surface area contributed by atoms with Gasteiger partial charge in [-0.15, -0.1) is 0 Å². The molecule has 0 amide bonds. The maximum Gasteiger partial charge on any atom is 0.316 e. The molecule has 0 aliphatic carbocycles. The molecule has 53 heavy (non-hydrogen) atoms. The lowest BCUT2D eigenvalue weighted by Crippen LogP contribution is -2.48. The molecule has 284 valence electrons. The fourth-order valence-corrected chi connectivity index (χ4v) is 5.96. The molecule has 0 spiro atoms. The number of hydrogen-bond donors (Lipinski definition) is 0. The van der Waals surface area contributed by atoms with E-state index in [9.17, 15) is 14.4 Å². The predicted molar refractivity (Wildman–Crippen MR) is 189 cm³/mol. The Hall–Kier alpha value is -4.17. The summed E-state index contributed by atoms with van der Waals surface area (Å²) in [5.74, 6) is -1.68. The number of ether oxygens (including phenoxy) is 9. The predicted octanol–water partition coefficient (Wildman–Crippen LogP) is 5.88. The smallest absolute Gasteiger partial charge is 0.316 e. The van der Waals surface area contributed by atoms with Crippen molar-refractivity contribution in [3.63, 3.8) is 0 Å². The first-order valence-electron chi connectivity index (χ1n) is 17.8. The number of rotatable bonds is 12. The van der Waals surface area contributed by atoms with Crippen LogP contribution in [-0.4, -0.2) is 77.4 Å². The van der Waals surface area contributed by atoms with Crippen LogP contribution < -0.4 is 0 Å². The van der Waals surface area contributed by atoms with Crippen molar-refractivity contribution in [1.29, 1.82) is 0 Å². The lowest BCUT2D eigenvalue weighted by Gasteiger charge is -2.38. The highest BCUT2D eigenvalue weighted by Crippen LogP contribution is 2.36.